The Morgan fingerprint density at radius 2 is 1.78 bits per heavy atom. The van der Waals surface area contributed by atoms with Gasteiger partial charge in [0.2, 0.25) is 5.91 Å². The lowest BCUT2D eigenvalue weighted by molar-refractivity contribution is -0.384. The third-order valence-electron chi connectivity index (χ3n) is 5.63. The Morgan fingerprint density at radius 3 is 2.46 bits per heavy atom. The van der Waals surface area contributed by atoms with Crippen molar-refractivity contribution < 1.29 is 14.5 Å². The van der Waals surface area contributed by atoms with E-state index < -0.39 is 11.0 Å². The van der Waals surface area contributed by atoms with E-state index in [-0.39, 0.29) is 18.2 Å². The van der Waals surface area contributed by atoms with Gasteiger partial charge in [0, 0.05) is 30.7 Å². The number of hydrogen-bond donors (Lipinski definition) is 1. The predicted molar refractivity (Wildman–Crippen MR) is 142 cm³/mol. The molecule has 0 spiro atoms. The van der Waals surface area contributed by atoms with Crippen LogP contribution in [0.5, 0.6) is 0 Å². The number of nitro groups is 1. The van der Waals surface area contributed by atoms with E-state index >= 15 is 0 Å². The summed E-state index contributed by atoms with van der Waals surface area (Å²) in [6, 6.07) is 23.7. The molecule has 0 aliphatic carbocycles. The van der Waals surface area contributed by atoms with Gasteiger partial charge in [-0.25, -0.2) is 0 Å². The topological polar surface area (TPSA) is 112 Å². The van der Waals surface area contributed by atoms with Crippen LogP contribution in [-0.4, -0.2) is 39.3 Å². The number of benzene rings is 3. The van der Waals surface area contributed by atoms with Gasteiger partial charge >= 0.3 is 0 Å². The summed E-state index contributed by atoms with van der Waals surface area (Å²) < 4.78 is 6.87. The zero-order chi connectivity index (χ0) is 26.2. The summed E-state index contributed by atoms with van der Waals surface area (Å²) in [5.74, 6) is 0.899. The maximum atomic E-state index is 12.6. The van der Waals surface area contributed by atoms with Crippen LogP contribution in [0.25, 0.3) is 5.69 Å². The number of hydrogen-bond acceptors (Lipinski definition) is 7. The Bertz CT molecular complexity index is 1360. The Hall–Kier alpha value is -4.02. The second-order valence-electron chi connectivity index (χ2n) is 8.47. The van der Waals surface area contributed by atoms with Crippen molar-refractivity contribution in [3.8, 4) is 5.69 Å². The predicted octanol–water partition coefficient (Wildman–Crippen LogP) is 4.82. The lowest BCUT2D eigenvalue weighted by atomic mass is 10.0. The zero-order valence-electron chi connectivity index (χ0n) is 20.5. The first kappa shape index (κ1) is 26.1. The number of carbonyl (C=O) groups is 1. The molecule has 0 aliphatic rings. The Labute approximate surface area is 219 Å². The van der Waals surface area contributed by atoms with E-state index in [0.717, 1.165) is 11.1 Å². The zero-order valence-corrected chi connectivity index (χ0v) is 21.4. The summed E-state index contributed by atoms with van der Waals surface area (Å²) in [7, 11) is 1.46. The van der Waals surface area contributed by atoms with Gasteiger partial charge in [-0.05, 0) is 36.6 Å². The third-order valence-corrected chi connectivity index (χ3v) is 6.63. The van der Waals surface area contributed by atoms with Crippen LogP contribution in [0.2, 0.25) is 0 Å². The highest BCUT2D eigenvalue weighted by Gasteiger charge is 2.25. The molecule has 0 radical (unpaired) electrons. The lowest BCUT2D eigenvalue weighted by Crippen LogP contribution is -2.34. The summed E-state index contributed by atoms with van der Waals surface area (Å²) in [5, 5.41) is 23.8. The maximum Gasteiger partial charge on any atom is 0.269 e. The highest BCUT2D eigenvalue weighted by atomic mass is 32.2. The van der Waals surface area contributed by atoms with Crippen molar-refractivity contribution >= 4 is 23.4 Å². The van der Waals surface area contributed by atoms with Gasteiger partial charge in [-0.3, -0.25) is 19.5 Å². The molecule has 0 aliphatic heterocycles. The van der Waals surface area contributed by atoms with Crippen molar-refractivity contribution in [3.63, 3.8) is 0 Å². The molecule has 1 heterocycles. The van der Waals surface area contributed by atoms with Crippen LogP contribution in [0.15, 0.2) is 84.0 Å². The molecular formula is C27H27N5O4S. The van der Waals surface area contributed by atoms with Crippen molar-refractivity contribution in [2.75, 3.05) is 13.7 Å². The number of aryl methyl sites for hydroxylation is 1. The van der Waals surface area contributed by atoms with Crippen molar-refractivity contribution in [1.82, 2.24) is 20.1 Å². The maximum absolute atomic E-state index is 12.6. The summed E-state index contributed by atoms with van der Waals surface area (Å²) in [6.45, 7) is 1.95. The van der Waals surface area contributed by atoms with Crippen LogP contribution in [-0.2, 0) is 21.7 Å². The van der Waals surface area contributed by atoms with Gasteiger partial charge in [0.15, 0.2) is 11.0 Å². The Morgan fingerprint density at radius 1 is 1.05 bits per heavy atom. The lowest BCUT2D eigenvalue weighted by Gasteiger charge is -2.20. The van der Waals surface area contributed by atoms with Gasteiger partial charge in [-0.2, -0.15) is 0 Å². The van der Waals surface area contributed by atoms with Crippen LogP contribution in [0.3, 0.4) is 0 Å². The number of methoxy groups -OCH3 is 1. The minimum atomic E-state index is -0.513. The molecule has 4 aromatic rings. The Balaban J connectivity index is 1.74. The first-order valence-corrected chi connectivity index (χ1v) is 12.6. The smallest absolute Gasteiger partial charge is 0.269 e. The minimum Gasteiger partial charge on any atom is -0.375 e. The number of thioether (sulfide) groups is 1. The van der Waals surface area contributed by atoms with Gasteiger partial charge in [-0.1, -0.05) is 71.9 Å². The summed E-state index contributed by atoms with van der Waals surface area (Å²) >= 11 is 1.51. The number of ether oxygens (including phenoxy) is 1. The fourth-order valence-electron chi connectivity index (χ4n) is 3.94. The molecule has 1 unspecified atom stereocenters. The largest absolute Gasteiger partial charge is 0.375 e. The first-order valence-electron chi connectivity index (χ1n) is 11.7. The number of nitro benzene ring substituents is 1. The van der Waals surface area contributed by atoms with Crippen molar-refractivity contribution in [2.24, 2.45) is 0 Å². The van der Waals surface area contributed by atoms with Gasteiger partial charge in [0.25, 0.3) is 5.69 Å². The quantitative estimate of drug-likeness (QED) is 0.172. The van der Waals surface area contributed by atoms with E-state index in [9.17, 15) is 14.9 Å². The van der Waals surface area contributed by atoms with E-state index in [4.69, 9.17) is 4.74 Å². The SMILES string of the molecule is COCC(=O)NC(Cc1ccccc1)c1nnc(SCc2cccc(C)c2)n1-c1ccc([N+](=O)[O-])cc1. The third kappa shape index (κ3) is 6.81. The number of nitrogens with zero attached hydrogens (tertiary/aromatic N) is 4. The molecule has 0 bridgehead atoms. The van der Waals surface area contributed by atoms with Gasteiger partial charge in [-0.15, -0.1) is 10.2 Å². The number of carbonyl (C=O) groups excluding carboxylic acids is 1. The average Bonchev–Trinajstić information content (AvgIpc) is 3.32. The molecule has 0 saturated carbocycles. The fraction of sp³-hybridized carbons (Fsp3) is 0.222. The molecule has 1 aromatic heterocycles. The fourth-order valence-corrected chi connectivity index (χ4v) is 4.84. The van der Waals surface area contributed by atoms with Crippen molar-refractivity contribution in [3.05, 3.63) is 111 Å². The highest BCUT2D eigenvalue weighted by molar-refractivity contribution is 7.98. The summed E-state index contributed by atoms with van der Waals surface area (Å²) in [5.41, 5.74) is 3.97. The molecule has 1 amide bonds. The molecule has 1 atom stereocenters. The van der Waals surface area contributed by atoms with E-state index in [1.54, 1.807) is 12.1 Å². The number of non-ortho nitro benzene ring substituents is 1. The van der Waals surface area contributed by atoms with Crippen molar-refractivity contribution in [1.29, 1.82) is 0 Å². The van der Waals surface area contributed by atoms with Crippen LogP contribution >= 0.6 is 11.8 Å². The number of amides is 1. The van der Waals surface area contributed by atoms with Gasteiger partial charge in [0.1, 0.15) is 6.61 Å². The number of aromatic nitrogens is 3. The molecule has 4 rings (SSSR count). The second-order valence-corrected chi connectivity index (χ2v) is 9.41. The van der Waals surface area contributed by atoms with Gasteiger partial charge < -0.3 is 10.1 Å². The molecule has 3 aromatic carbocycles. The monoisotopic (exact) mass is 517 g/mol. The van der Waals surface area contributed by atoms with Crippen LogP contribution < -0.4 is 5.32 Å². The molecule has 0 saturated heterocycles. The van der Waals surface area contributed by atoms with E-state index in [2.05, 4.69) is 27.6 Å². The molecule has 190 valence electrons. The summed E-state index contributed by atoms with van der Waals surface area (Å²) in [4.78, 5) is 23.3. The molecule has 37 heavy (non-hydrogen) atoms. The molecule has 9 nitrogen and oxygen atoms in total. The minimum absolute atomic E-state index is 0.0124. The van der Waals surface area contributed by atoms with E-state index in [0.29, 0.717) is 28.8 Å². The van der Waals surface area contributed by atoms with Crippen LogP contribution in [0, 0.1) is 17.0 Å². The van der Waals surface area contributed by atoms with E-state index in [1.165, 1.54) is 36.6 Å². The normalized spacial score (nSPS) is 11.7. The van der Waals surface area contributed by atoms with Crippen molar-refractivity contribution in [2.45, 2.75) is 30.3 Å². The van der Waals surface area contributed by atoms with Crippen LogP contribution in [0.4, 0.5) is 5.69 Å². The van der Waals surface area contributed by atoms with Crippen LogP contribution in [0.1, 0.15) is 28.6 Å². The van der Waals surface area contributed by atoms with Gasteiger partial charge in [0.05, 0.1) is 11.0 Å². The second kappa shape index (κ2) is 12.3. The molecule has 1 N–H and O–H groups in total. The highest BCUT2D eigenvalue weighted by Crippen LogP contribution is 2.30. The molecule has 10 heteroatoms. The Kier molecular flexibility index (Phi) is 8.65. The molecule has 0 fully saturated rings. The number of nitrogens with one attached hydrogen (secondary N) is 1. The summed E-state index contributed by atoms with van der Waals surface area (Å²) in [6.07, 6.45) is 0.476. The van der Waals surface area contributed by atoms with E-state index in [1.807, 2.05) is 54.0 Å². The number of rotatable bonds is 11. The first-order chi connectivity index (χ1) is 17.9. The average molecular weight is 518 g/mol. The molecular weight excluding hydrogens is 490 g/mol. The standard InChI is InChI=1S/C27H27N5O4S/c1-19-7-6-10-21(15-19)18-37-27-30-29-26(31(27)22-11-13-23(14-12-22)32(34)35)24(28-25(33)17-36-2)16-20-8-4-3-5-9-20/h3-15,24H,16-18H2,1-2H3,(H,28,33).